The van der Waals surface area contributed by atoms with Crippen LogP contribution in [-0.2, 0) is 6.54 Å². The van der Waals surface area contributed by atoms with Crippen LogP contribution in [0.4, 0.5) is 5.82 Å². The van der Waals surface area contributed by atoms with E-state index in [1.54, 1.807) is 35.2 Å². The number of fused-ring (bicyclic) bond motifs is 1. The molecule has 1 aliphatic carbocycles. The lowest BCUT2D eigenvalue weighted by Gasteiger charge is -2.30. The summed E-state index contributed by atoms with van der Waals surface area (Å²) in [7, 11) is 0. The second-order valence-electron chi connectivity index (χ2n) is 7.61. The van der Waals surface area contributed by atoms with Crippen LogP contribution in [0, 0.1) is 28.6 Å². The Morgan fingerprint density at radius 2 is 2.06 bits per heavy atom. The highest BCUT2D eigenvalue weighted by Crippen LogP contribution is 2.38. The number of halogens is 1. The number of nitrogen functional groups attached to an aromatic ring is 1. The number of benzene rings is 1. The number of anilines is 1. The van der Waals surface area contributed by atoms with E-state index in [1.165, 1.54) is 6.20 Å². The molecule has 0 spiro atoms. The van der Waals surface area contributed by atoms with Gasteiger partial charge in [-0.05, 0) is 71.1 Å². The van der Waals surface area contributed by atoms with Gasteiger partial charge in [0.15, 0.2) is 0 Å². The van der Waals surface area contributed by atoms with Crippen molar-refractivity contribution in [2.24, 2.45) is 5.92 Å². The Labute approximate surface area is 188 Å². The van der Waals surface area contributed by atoms with Crippen LogP contribution in [0.15, 0.2) is 47.1 Å². The SMILES string of the molecule is N#CCC(C1CC1)N(Cc1ccc(C#N)cn1)C(=O)c1ccc2nc(N)c(Br)cc2c1. The number of pyridine rings is 2. The van der Waals surface area contributed by atoms with E-state index >= 15 is 0 Å². The molecule has 1 aliphatic rings. The number of aromatic nitrogens is 2. The number of carbonyl (C=O) groups is 1. The molecule has 1 saturated carbocycles. The lowest BCUT2D eigenvalue weighted by Crippen LogP contribution is -2.41. The van der Waals surface area contributed by atoms with Crippen molar-refractivity contribution >= 4 is 38.6 Å². The zero-order valence-electron chi connectivity index (χ0n) is 16.6. The van der Waals surface area contributed by atoms with E-state index in [2.05, 4.69) is 32.0 Å². The van der Waals surface area contributed by atoms with Crippen LogP contribution in [0.2, 0.25) is 0 Å². The maximum absolute atomic E-state index is 13.6. The summed E-state index contributed by atoms with van der Waals surface area (Å²) in [5.41, 5.74) is 8.22. The van der Waals surface area contributed by atoms with Crippen molar-refractivity contribution in [3.05, 3.63) is 63.9 Å². The van der Waals surface area contributed by atoms with Crippen molar-refractivity contribution in [3.63, 3.8) is 0 Å². The van der Waals surface area contributed by atoms with Gasteiger partial charge in [0, 0.05) is 23.2 Å². The lowest BCUT2D eigenvalue weighted by molar-refractivity contribution is 0.0636. The Hall–Kier alpha value is -3.49. The summed E-state index contributed by atoms with van der Waals surface area (Å²) in [5.74, 6) is 0.550. The number of nitrogens with two attached hydrogens (primary N) is 1. The van der Waals surface area contributed by atoms with Crippen molar-refractivity contribution < 1.29 is 4.79 Å². The number of carbonyl (C=O) groups excluding carboxylic acids is 1. The van der Waals surface area contributed by atoms with Crippen molar-refractivity contribution in [1.29, 1.82) is 10.5 Å². The van der Waals surface area contributed by atoms with E-state index in [4.69, 9.17) is 11.0 Å². The van der Waals surface area contributed by atoms with Crippen LogP contribution in [0.3, 0.4) is 0 Å². The van der Waals surface area contributed by atoms with Crippen LogP contribution in [0.1, 0.15) is 40.9 Å². The maximum atomic E-state index is 13.6. The van der Waals surface area contributed by atoms with Crippen molar-refractivity contribution in [2.45, 2.75) is 31.8 Å². The predicted octanol–water partition coefficient (Wildman–Crippen LogP) is 4.18. The van der Waals surface area contributed by atoms with E-state index in [0.717, 1.165) is 18.2 Å². The minimum absolute atomic E-state index is 0.159. The zero-order chi connectivity index (χ0) is 22.0. The number of nitriles is 2. The largest absolute Gasteiger partial charge is 0.383 e. The predicted molar refractivity (Wildman–Crippen MR) is 119 cm³/mol. The summed E-state index contributed by atoms with van der Waals surface area (Å²) in [4.78, 5) is 24.0. The molecule has 2 aromatic heterocycles. The summed E-state index contributed by atoms with van der Waals surface area (Å²) < 4.78 is 0.670. The molecule has 1 fully saturated rings. The van der Waals surface area contributed by atoms with Crippen LogP contribution in [0.5, 0.6) is 0 Å². The highest BCUT2D eigenvalue weighted by atomic mass is 79.9. The average Bonchev–Trinajstić information content (AvgIpc) is 3.62. The Bertz CT molecular complexity index is 1220. The third-order valence-corrected chi connectivity index (χ3v) is 6.09. The van der Waals surface area contributed by atoms with Gasteiger partial charge in [0.2, 0.25) is 0 Å². The number of hydrogen-bond donors (Lipinski definition) is 1. The smallest absolute Gasteiger partial charge is 0.254 e. The van der Waals surface area contributed by atoms with Gasteiger partial charge in [0.25, 0.3) is 5.91 Å². The third kappa shape index (κ3) is 4.50. The monoisotopic (exact) mass is 474 g/mol. The average molecular weight is 475 g/mol. The molecular weight excluding hydrogens is 456 g/mol. The molecule has 8 heteroatoms. The van der Waals surface area contributed by atoms with Gasteiger partial charge in [-0.1, -0.05) is 0 Å². The molecule has 0 radical (unpaired) electrons. The van der Waals surface area contributed by atoms with Gasteiger partial charge in [-0.25, -0.2) is 4.98 Å². The first-order valence-corrected chi connectivity index (χ1v) is 10.7. The molecule has 0 saturated heterocycles. The molecule has 3 aromatic rings. The van der Waals surface area contributed by atoms with E-state index in [9.17, 15) is 10.1 Å². The molecule has 0 aliphatic heterocycles. The second-order valence-corrected chi connectivity index (χ2v) is 8.47. The quantitative estimate of drug-likeness (QED) is 0.571. The molecule has 1 amide bonds. The highest BCUT2D eigenvalue weighted by molar-refractivity contribution is 9.10. The Balaban J connectivity index is 1.70. The van der Waals surface area contributed by atoms with Crippen LogP contribution in [0.25, 0.3) is 10.9 Å². The fourth-order valence-corrected chi connectivity index (χ4v) is 4.00. The van der Waals surface area contributed by atoms with E-state index in [0.29, 0.717) is 38.5 Å². The first kappa shape index (κ1) is 20.8. The van der Waals surface area contributed by atoms with Gasteiger partial charge >= 0.3 is 0 Å². The van der Waals surface area contributed by atoms with Gasteiger partial charge in [0.05, 0.1) is 40.3 Å². The number of nitrogens with zero attached hydrogens (tertiary/aromatic N) is 5. The summed E-state index contributed by atoms with van der Waals surface area (Å²) in [6.45, 7) is 0.273. The van der Waals surface area contributed by atoms with Crippen LogP contribution in [-0.4, -0.2) is 26.8 Å². The summed E-state index contributed by atoms with van der Waals surface area (Å²) in [5, 5.41) is 19.2. The standard InChI is InChI=1S/C23H19BrN6O/c24-19-10-17-9-16(4-6-20(17)29-22(19)27)23(31)30(21(7-8-25)15-2-3-15)13-18-5-1-14(11-26)12-28-18/h1,4-6,9-10,12,15,21H,2-3,7,13H2,(H2,27,29). The normalized spacial score (nSPS) is 13.9. The van der Waals surface area contributed by atoms with Crippen LogP contribution < -0.4 is 5.73 Å². The molecule has 4 rings (SSSR count). The Morgan fingerprint density at radius 3 is 2.71 bits per heavy atom. The zero-order valence-corrected chi connectivity index (χ0v) is 18.2. The van der Waals surface area contributed by atoms with E-state index < -0.39 is 0 Å². The number of rotatable bonds is 6. The molecule has 1 atom stereocenters. The third-order valence-electron chi connectivity index (χ3n) is 5.46. The molecule has 31 heavy (non-hydrogen) atoms. The highest BCUT2D eigenvalue weighted by Gasteiger charge is 2.37. The molecule has 2 N–H and O–H groups in total. The first-order valence-electron chi connectivity index (χ1n) is 9.89. The second kappa shape index (κ2) is 8.71. The lowest BCUT2D eigenvalue weighted by atomic mass is 10.0. The summed E-state index contributed by atoms with van der Waals surface area (Å²) in [6.07, 6.45) is 3.78. The van der Waals surface area contributed by atoms with Crippen molar-refractivity contribution in [3.8, 4) is 12.1 Å². The number of hydrogen-bond acceptors (Lipinski definition) is 6. The summed E-state index contributed by atoms with van der Waals surface area (Å²) >= 11 is 3.38. The Morgan fingerprint density at radius 1 is 1.26 bits per heavy atom. The van der Waals surface area contributed by atoms with Gasteiger partial charge in [0.1, 0.15) is 11.9 Å². The van der Waals surface area contributed by atoms with Gasteiger partial charge in [-0.15, -0.1) is 0 Å². The number of amides is 1. The Kier molecular flexibility index (Phi) is 5.83. The fourth-order valence-electron chi connectivity index (χ4n) is 3.67. The van der Waals surface area contributed by atoms with Gasteiger partial charge in [-0.3, -0.25) is 9.78 Å². The molecule has 1 aromatic carbocycles. The topological polar surface area (TPSA) is 120 Å². The molecule has 7 nitrogen and oxygen atoms in total. The molecular formula is C23H19BrN6O. The fraction of sp³-hybridized carbons (Fsp3) is 0.261. The van der Waals surface area contributed by atoms with E-state index in [-0.39, 0.29) is 24.9 Å². The molecule has 2 heterocycles. The van der Waals surface area contributed by atoms with Crippen LogP contribution >= 0.6 is 15.9 Å². The molecule has 0 bridgehead atoms. The van der Waals surface area contributed by atoms with Crippen molar-refractivity contribution in [2.75, 3.05) is 5.73 Å². The van der Waals surface area contributed by atoms with Crippen molar-refractivity contribution in [1.82, 2.24) is 14.9 Å². The maximum Gasteiger partial charge on any atom is 0.254 e. The van der Waals surface area contributed by atoms with E-state index in [1.807, 2.05) is 12.1 Å². The molecule has 1 unspecified atom stereocenters. The van der Waals surface area contributed by atoms with Gasteiger partial charge in [-0.2, -0.15) is 10.5 Å². The minimum atomic E-state index is -0.179. The molecule has 154 valence electrons. The summed E-state index contributed by atoms with van der Waals surface area (Å²) in [6, 6.07) is 14.7. The first-order chi connectivity index (χ1) is 15.0. The minimum Gasteiger partial charge on any atom is -0.383 e. The van der Waals surface area contributed by atoms with Gasteiger partial charge < -0.3 is 10.6 Å².